The van der Waals surface area contributed by atoms with E-state index in [0.717, 1.165) is 23.7 Å². The second kappa shape index (κ2) is 4.80. The lowest BCUT2D eigenvalue weighted by Crippen LogP contribution is -2.38. The number of benzene rings is 1. The molecule has 1 aromatic rings. The van der Waals surface area contributed by atoms with Crippen molar-refractivity contribution in [2.24, 2.45) is 23.7 Å². The van der Waals surface area contributed by atoms with Crippen LogP contribution in [0.15, 0.2) is 12.1 Å². The molecule has 3 aliphatic rings. The zero-order valence-electron chi connectivity index (χ0n) is 12.1. The number of phenolic OH excluding ortho intramolecular Hbond substituents is 3. The van der Waals surface area contributed by atoms with Gasteiger partial charge in [0.25, 0.3) is 0 Å². The van der Waals surface area contributed by atoms with Gasteiger partial charge in [0.2, 0.25) is 5.75 Å². The van der Waals surface area contributed by atoms with Crippen molar-refractivity contribution < 1.29 is 15.3 Å². The van der Waals surface area contributed by atoms with Crippen molar-refractivity contribution in [2.45, 2.75) is 44.7 Å². The van der Waals surface area contributed by atoms with Gasteiger partial charge in [-0.25, -0.2) is 0 Å². The summed E-state index contributed by atoms with van der Waals surface area (Å²) in [5, 5.41) is 32.4. The van der Waals surface area contributed by atoms with Crippen LogP contribution < -0.4 is 5.32 Å². The molecule has 0 saturated heterocycles. The van der Waals surface area contributed by atoms with Crippen LogP contribution in [0.3, 0.4) is 0 Å². The van der Waals surface area contributed by atoms with Crippen LogP contribution in [0.2, 0.25) is 0 Å². The Kier molecular flexibility index (Phi) is 3.03. The Morgan fingerprint density at radius 1 is 0.952 bits per heavy atom. The Labute approximate surface area is 124 Å². The first kappa shape index (κ1) is 13.3. The van der Waals surface area contributed by atoms with Crippen molar-refractivity contribution in [3.8, 4) is 17.2 Å². The van der Waals surface area contributed by atoms with Gasteiger partial charge in [0.05, 0.1) is 0 Å². The monoisotopic (exact) mass is 289 g/mol. The third-order valence-electron chi connectivity index (χ3n) is 6.20. The number of phenols is 3. The first-order valence-electron chi connectivity index (χ1n) is 8.11. The summed E-state index contributed by atoms with van der Waals surface area (Å²) in [4.78, 5) is 0. The number of fused-ring (bicyclic) bond motifs is 5. The molecular formula is C17H23NO3. The van der Waals surface area contributed by atoms with Crippen LogP contribution in [-0.4, -0.2) is 21.4 Å². The molecule has 3 aliphatic carbocycles. The van der Waals surface area contributed by atoms with Crippen molar-refractivity contribution >= 4 is 0 Å². The summed E-state index contributed by atoms with van der Waals surface area (Å²) in [6.45, 7) is 0.547. The highest BCUT2D eigenvalue weighted by atomic mass is 16.3. The minimum absolute atomic E-state index is 0.204. The highest BCUT2D eigenvalue weighted by molar-refractivity contribution is 5.53. The Balaban J connectivity index is 1.43. The lowest BCUT2D eigenvalue weighted by Gasteiger charge is -2.32. The van der Waals surface area contributed by atoms with E-state index in [9.17, 15) is 15.3 Å². The van der Waals surface area contributed by atoms with E-state index in [1.807, 2.05) is 0 Å². The third-order valence-corrected chi connectivity index (χ3v) is 6.20. The van der Waals surface area contributed by atoms with Gasteiger partial charge in [0.1, 0.15) is 0 Å². The largest absolute Gasteiger partial charge is 0.504 e. The van der Waals surface area contributed by atoms with Gasteiger partial charge in [-0.15, -0.1) is 0 Å². The average molecular weight is 289 g/mol. The van der Waals surface area contributed by atoms with Gasteiger partial charge in [0.15, 0.2) is 11.5 Å². The number of aromatic hydroxyl groups is 3. The number of hydrogen-bond acceptors (Lipinski definition) is 4. The van der Waals surface area contributed by atoms with E-state index in [2.05, 4.69) is 5.32 Å². The molecule has 3 fully saturated rings. The van der Waals surface area contributed by atoms with Gasteiger partial charge in [-0.2, -0.15) is 0 Å². The first-order chi connectivity index (χ1) is 10.1. The minimum atomic E-state index is -0.418. The van der Waals surface area contributed by atoms with Gasteiger partial charge >= 0.3 is 0 Å². The molecule has 0 aromatic heterocycles. The normalized spacial score (nSPS) is 37.0. The molecule has 0 spiro atoms. The molecule has 4 heteroatoms. The van der Waals surface area contributed by atoms with Gasteiger partial charge in [0, 0.05) is 18.2 Å². The molecule has 5 atom stereocenters. The van der Waals surface area contributed by atoms with Crippen molar-refractivity contribution in [3.63, 3.8) is 0 Å². The molecule has 2 bridgehead atoms. The molecule has 0 heterocycles. The van der Waals surface area contributed by atoms with Crippen molar-refractivity contribution in [2.75, 3.05) is 0 Å². The van der Waals surface area contributed by atoms with E-state index >= 15 is 0 Å². The summed E-state index contributed by atoms with van der Waals surface area (Å²) in [7, 11) is 0. The smallest absolute Gasteiger partial charge is 0.200 e. The fourth-order valence-electron chi connectivity index (χ4n) is 5.30. The van der Waals surface area contributed by atoms with Crippen LogP contribution in [0.1, 0.15) is 37.7 Å². The van der Waals surface area contributed by atoms with E-state index < -0.39 is 5.75 Å². The first-order valence-corrected chi connectivity index (χ1v) is 8.11. The van der Waals surface area contributed by atoms with E-state index in [1.54, 1.807) is 6.07 Å². The van der Waals surface area contributed by atoms with Crippen molar-refractivity contribution in [1.82, 2.24) is 5.32 Å². The van der Waals surface area contributed by atoms with Crippen LogP contribution in [0.4, 0.5) is 0 Å². The zero-order chi connectivity index (χ0) is 14.6. The van der Waals surface area contributed by atoms with Gasteiger partial charge < -0.3 is 20.6 Å². The summed E-state index contributed by atoms with van der Waals surface area (Å²) >= 11 is 0. The lowest BCUT2D eigenvalue weighted by atomic mass is 9.79. The number of rotatable bonds is 3. The fraction of sp³-hybridized carbons (Fsp3) is 0.647. The highest BCUT2D eigenvalue weighted by Gasteiger charge is 2.53. The molecule has 21 heavy (non-hydrogen) atoms. The van der Waals surface area contributed by atoms with Crippen molar-refractivity contribution in [1.29, 1.82) is 0 Å². The molecule has 4 nitrogen and oxygen atoms in total. The predicted octanol–water partition coefficient (Wildman–Crippen LogP) is 2.72. The van der Waals surface area contributed by atoms with Crippen LogP contribution in [0.25, 0.3) is 0 Å². The lowest BCUT2D eigenvalue weighted by molar-refractivity contribution is 0.207. The standard InChI is InChI=1S/C17H23NO3/c19-15-5-4-9(16(20)17(15)21)8-18-14-7-10-6-13(14)12-3-1-2-11(10)12/h4-5,10-14,18-21H,1-3,6-8H2. The number of hydrogen-bond donors (Lipinski definition) is 4. The third kappa shape index (κ3) is 2.00. The summed E-state index contributed by atoms with van der Waals surface area (Å²) in [6.07, 6.45) is 6.87. The Bertz CT molecular complexity index is 559. The molecule has 5 unspecified atom stereocenters. The van der Waals surface area contributed by atoms with Crippen LogP contribution in [0.5, 0.6) is 17.2 Å². The molecule has 0 aliphatic heterocycles. The second-order valence-electron chi connectivity index (χ2n) is 7.08. The highest BCUT2D eigenvalue weighted by Crippen LogP contribution is 2.58. The summed E-state index contributed by atoms with van der Waals surface area (Å²) in [5.74, 6) is 2.71. The summed E-state index contributed by atoms with van der Waals surface area (Å²) in [5.41, 5.74) is 0.649. The Morgan fingerprint density at radius 2 is 1.76 bits per heavy atom. The SMILES string of the molecule is Oc1ccc(CNC2CC3CC2C2CCCC32)c(O)c1O. The van der Waals surface area contributed by atoms with Crippen LogP contribution in [0, 0.1) is 23.7 Å². The molecular weight excluding hydrogens is 266 g/mol. The van der Waals surface area contributed by atoms with Gasteiger partial charge in [-0.3, -0.25) is 0 Å². The van der Waals surface area contributed by atoms with Crippen LogP contribution in [-0.2, 0) is 6.54 Å². The zero-order valence-corrected chi connectivity index (χ0v) is 12.1. The molecule has 0 amide bonds. The fourth-order valence-corrected chi connectivity index (χ4v) is 5.30. The molecule has 4 N–H and O–H groups in total. The molecule has 4 rings (SSSR count). The second-order valence-corrected chi connectivity index (χ2v) is 7.08. The van der Waals surface area contributed by atoms with Crippen LogP contribution >= 0.6 is 0 Å². The maximum atomic E-state index is 9.88. The maximum absolute atomic E-state index is 9.88. The molecule has 0 radical (unpaired) electrons. The molecule has 1 aromatic carbocycles. The van der Waals surface area contributed by atoms with Crippen molar-refractivity contribution in [3.05, 3.63) is 17.7 Å². The summed E-state index contributed by atoms with van der Waals surface area (Å²) < 4.78 is 0. The summed E-state index contributed by atoms with van der Waals surface area (Å²) in [6, 6.07) is 3.65. The Hall–Kier alpha value is -1.42. The Morgan fingerprint density at radius 3 is 2.62 bits per heavy atom. The van der Waals surface area contributed by atoms with E-state index in [0.29, 0.717) is 18.2 Å². The minimum Gasteiger partial charge on any atom is -0.504 e. The maximum Gasteiger partial charge on any atom is 0.200 e. The quantitative estimate of drug-likeness (QED) is 0.646. The van der Waals surface area contributed by atoms with Gasteiger partial charge in [-0.05, 0) is 55.4 Å². The topological polar surface area (TPSA) is 72.7 Å². The van der Waals surface area contributed by atoms with E-state index in [4.69, 9.17) is 0 Å². The molecule has 114 valence electrons. The van der Waals surface area contributed by atoms with Gasteiger partial charge in [-0.1, -0.05) is 12.5 Å². The number of nitrogens with one attached hydrogen (secondary N) is 1. The van der Waals surface area contributed by atoms with E-state index in [-0.39, 0.29) is 11.5 Å². The molecule has 3 saturated carbocycles. The van der Waals surface area contributed by atoms with E-state index in [1.165, 1.54) is 38.2 Å². The average Bonchev–Trinajstić information content (AvgIpc) is 3.16. The predicted molar refractivity (Wildman–Crippen MR) is 79.1 cm³/mol.